The Morgan fingerprint density at radius 3 is 2.94 bits per heavy atom. The molecular weight excluding hydrogens is 314 g/mol. The summed E-state index contributed by atoms with van der Waals surface area (Å²) in [6, 6.07) is 11.6. The molecule has 2 aromatic rings. The summed E-state index contributed by atoms with van der Waals surface area (Å²) in [5.41, 5.74) is 0. The molecule has 1 heterocycles. The van der Waals surface area contributed by atoms with Crippen LogP contribution in [-0.2, 0) is 4.84 Å². The molecule has 5 heteroatoms. The number of ether oxygens (including phenoxy) is 1. The van der Waals surface area contributed by atoms with Crippen LogP contribution in [0.1, 0.15) is 4.88 Å². The van der Waals surface area contributed by atoms with E-state index in [1.807, 2.05) is 41.8 Å². The van der Waals surface area contributed by atoms with E-state index in [0.717, 1.165) is 15.1 Å². The van der Waals surface area contributed by atoms with E-state index in [1.54, 1.807) is 17.6 Å². The second-order valence-corrected chi connectivity index (χ2v) is 5.28. The van der Waals surface area contributed by atoms with Gasteiger partial charge in [0.1, 0.15) is 12.4 Å². The third kappa shape index (κ3) is 4.50. The first-order valence-corrected chi connectivity index (χ1v) is 7.09. The zero-order chi connectivity index (χ0) is 12.6. The Morgan fingerprint density at radius 1 is 1.22 bits per heavy atom. The second-order valence-electron chi connectivity index (χ2n) is 3.39. The number of nitrogens with zero attached hydrogens (tertiary/aromatic N) is 1. The lowest BCUT2D eigenvalue weighted by Gasteiger charge is -2.05. The quantitative estimate of drug-likeness (QED) is 0.457. The molecule has 0 N–H and O–H groups in total. The molecular formula is C13H12BrNO2S. The van der Waals surface area contributed by atoms with Gasteiger partial charge < -0.3 is 9.57 Å². The van der Waals surface area contributed by atoms with Gasteiger partial charge in [0, 0.05) is 9.35 Å². The molecule has 0 aliphatic heterocycles. The number of hydrogen-bond donors (Lipinski definition) is 0. The molecule has 2 rings (SSSR count). The Hall–Kier alpha value is -1.33. The lowest BCUT2D eigenvalue weighted by Crippen LogP contribution is -2.04. The van der Waals surface area contributed by atoms with Crippen LogP contribution in [0, 0.1) is 0 Å². The zero-order valence-corrected chi connectivity index (χ0v) is 12.0. The number of hydrogen-bond acceptors (Lipinski definition) is 4. The van der Waals surface area contributed by atoms with Crippen molar-refractivity contribution in [3.63, 3.8) is 0 Å². The predicted molar refractivity (Wildman–Crippen MR) is 77.5 cm³/mol. The highest BCUT2D eigenvalue weighted by atomic mass is 79.9. The molecule has 0 spiro atoms. The smallest absolute Gasteiger partial charge is 0.151 e. The largest absolute Gasteiger partial charge is 0.490 e. The van der Waals surface area contributed by atoms with E-state index in [4.69, 9.17) is 9.57 Å². The summed E-state index contributed by atoms with van der Waals surface area (Å²) in [5, 5.41) is 5.86. The van der Waals surface area contributed by atoms with Gasteiger partial charge in [0.15, 0.2) is 6.61 Å². The Morgan fingerprint density at radius 2 is 2.17 bits per heavy atom. The molecule has 0 saturated carbocycles. The maximum absolute atomic E-state index is 5.50. The topological polar surface area (TPSA) is 30.8 Å². The van der Waals surface area contributed by atoms with Crippen LogP contribution in [0.4, 0.5) is 0 Å². The third-order valence-electron chi connectivity index (χ3n) is 2.04. The summed E-state index contributed by atoms with van der Waals surface area (Å²) in [6.07, 6.45) is 1.70. The Kier molecular flexibility index (Phi) is 5.23. The summed E-state index contributed by atoms with van der Waals surface area (Å²) in [4.78, 5) is 6.17. The van der Waals surface area contributed by atoms with Crippen molar-refractivity contribution in [2.24, 2.45) is 5.16 Å². The van der Waals surface area contributed by atoms with Crippen LogP contribution in [-0.4, -0.2) is 19.4 Å². The Labute approximate surface area is 118 Å². The molecule has 18 heavy (non-hydrogen) atoms. The van der Waals surface area contributed by atoms with Crippen molar-refractivity contribution in [2.75, 3.05) is 13.2 Å². The van der Waals surface area contributed by atoms with Gasteiger partial charge in [-0.15, -0.1) is 11.3 Å². The van der Waals surface area contributed by atoms with Crippen molar-refractivity contribution in [1.29, 1.82) is 0 Å². The summed E-state index contributed by atoms with van der Waals surface area (Å²) in [5.74, 6) is 0.815. The van der Waals surface area contributed by atoms with Gasteiger partial charge in [0.05, 0.1) is 6.21 Å². The van der Waals surface area contributed by atoms with Gasteiger partial charge in [-0.1, -0.05) is 33.2 Å². The van der Waals surface area contributed by atoms with E-state index >= 15 is 0 Å². The fraction of sp³-hybridized carbons (Fsp3) is 0.154. The van der Waals surface area contributed by atoms with E-state index < -0.39 is 0 Å². The fourth-order valence-corrected chi connectivity index (χ4v) is 2.21. The monoisotopic (exact) mass is 325 g/mol. The molecule has 0 atom stereocenters. The van der Waals surface area contributed by atoms with Crippen LogP contribution >= 0.6 is 27.3 Å². The van der Waals surface area contributed by atoms with Crippen molar-refractivity contribution in [3.8, 4) is 5.75 Å². The molecule has 94 valence electrons. The van der Waals surface area contributed by atoms with Gasteiger partial charge in [-0.3, -0.25) is 0 Å². The van der Waals surface area contributed by atoms with E-state index in [0.29, 0.717) is 13.2 Å². The minimum absolute atomic E-state index is 0.425. The molecule has 0 radical (unpaired) electrons. The summed E-state index contributed by atoms with van der Waals surface area (Å²) < 4.78 is 6.49. The van der Waals surface area contributed by atoms with Crippen LogP contribution in [0.15, 0.2) is 51.4 Å². The SMILES string of the molecule is Brc1cccc(OCCON=Cc2cccs2)c1. The third-order valence-corrected chi connectivity index (χ3v) is 3.34. The first-order chi connectivity index (χ1) is 8.84. The van der Waals surface area contributed by atoms with Gasteiger partial charge in [-0.05, 0) is 29.6 Å². The fourth-order valence-electron chi connectivity index (χ4n) is 1.26. The Bertz CT molecular complexity index is 499. The van der Waals surface area contributed by atoms with Gasteiger partial charge in [-0.25, -0.2) is 0 Å². The van der Waals surface area contributed by atoms with Crippen LogP contribution in [0.5, 0.6) is 5.75 Å². The number of halogens is 1. The van der Waals surface area contributed by atoms with Gasteiger partial charge in [-0.2, -0.15) is 0 Å². The normalized spacial score (nSPS) is 10.7. The summed E-state index contributed by atoms with van der Waals surface area (Å²) in [6.45, 7) is 0.895. The van der Waals surface area contributed by atoms with Gasteiger partial charge in [0.2, 0.25) is 0 Å². The maximum Gasteiger partial charge on any atom is 0.151 e. The molecule has 0 amide bonds. The molecule has 0 saturated heterocycles. The highest BCUT2D eigenvalue weighted by Crippen LogP contribution is 2.17. The molecule has 0 fully saturated rings. The minimum atomic E-state index is 0.425. The average molecular weight is 326 g/mol. The molecule has 1 aromatic heterocycles. The lowest BCUT2D eigenvalue weighted by atomic mass is 10.3. The highest BCUT2D eigenvalue weighted by Gasteiger charge is 1.94. The highest BCUT2D eigenvalue weighted by molar-refractivity contribution is 9.10. The lowest BCUT2D eigenvalue weighted by molar-refractivity contribution is 0.108. The van der Waals surface area contributed by atoms with E-state index in [9.17, 15) is 0 Å². The van der Waals surface area contributed by atoms with Crippen molar-refractivity contribution in [1.82, 2.24) is 0 Å². The van der Waals surface area contributed by atoms with Crippen molar-refractivity contribution in [3.05, 3.63) is 51.1 Å². The van der Waals surface area contributed by atoms with Crippen LogP contribution in [0.25, 0.3) is 0 Å². The van der Waals surface area contributed by atoms with Crippen LogP contribution in [0.2, 0.25) is 0 Å². The minimum Gasteiger partial charge on any atom is -0.490 e. The molecule has 3 nitrogen and oxygen atoms in total. The maximum atomic E-state index is 5.50. The molecule has 0 aliphatic carbocycles. The number of rotatable bonds is 6. The molecule has 0 bridgehead atoms. The van der Waals surface area contributed by atoms with E-state index in [1.165, 1.54) is 0 Å². The zero-order valence-electron chi connectivity index (χ0n) is 9.58. The first kappa shape index (κ1) is 13.1. The van der Waals surface area contributed by atoms with Gasteiger partial charge in [0.25, 0.3) is 0 Å². The van der Waals surface area contributed by atoms with Crippen molar-refractivity contribution >= 4 is 33.5 Å². The van der Waals surface area contributed by atoms with Crippen molar-refractivity contribution < 1.29 is 9.57 Å². The number of thiophene rings is 1. The van der Waals surface area contributed by atoms with Gasteiger partial charge >= 0.3 is 0 Å². The molecule has 0 unspecified atom stereocenters. The number of oxime groups is 1. The van der Waals surface area contributed by atoms with Crippen LogP contribution in [0.3, 0.4) is 0 Å². The predicted octanol–water partition coefficient (Wildman–Crippen LogP) is 3.94. The molecule has 0 aliphatic rings. The average Bonchev–Trinajstić information content (AvgIpc) is 2.87. The Balaban J connectivity index is 1.64. The van der Waals surface area contributed by atoms with E-state index in [2.05, 4.69) is 21.1 Å². The number of benzene rings is 1. The van der Waals surface area contributed by atoms with E-state index in [-0.39, 0.29) is 0 Å². The second kappa shape index (κ2) is 7.18. The molecule has 1 aromatic carbocycles. The first-order valence-electron chi connectivity index (χ1n) is 5.42. The summed E-state index contributed by atoms with van der Waals surface area (Å²) >= 11 is 5.00. The standard InChI is InChI=1S/C13H12BrNO2S/c14-11-3-1-4-12(9-11)16-6-7-17-15-10-13-5-2-8-18-13/h1-5,8-10H,6-7H2. The van der Waals surface area contributed by atoms with Crippen LogP contribution < -0.4 is 4.74 Å². The van der Waals surface area contributed by atoms with Crippen molar-refractivity contribution in [2.45, 2.75) is 0 Å². The summed E-state index contributed by atoms with van der Waals surface area (Å²) in [7, 11) is 0.